The van der Waals surface area contributed by atoms with Crippen LogP contribution in [-0.4, -0.2) is 63.0 Å². The molecule has 1 fully saturated rings. The second-order valence-electron chi connectivity index (χ2n) is 11.7. The van der Waals surface area contributed by atoms with Gasteiger partial charge in [-0.2, -0.15) is 0 Å². The minimum absolute atomic E-state index is 0.102. The van der Waals surface area contributed by atoms with Crippen molar-refractivity contribution in [3.05, 3.63) is 108 Å². The molecule has 0 N–H and O–H groups in total. The molecule has 0 saturated carbocycles. The van der Waals surface area contributed by atoms with Crippen LogP contribution in [0.2, 0.25) is 0 Å². The van der Waals surface area contributed by atoms with Gasteiger partial charge in [-0.25, -0.2) is 0 Å². The van der Waals surface area contributed by atoms with E-state index in [1.807, 2.05) is 91.0 Å². The molecular formula is C37H49O9P. The predicted octanol–water partition coefficient (Wildman–Crippen LogP) is 7.51. The number of rotatable bonds is 20. The fourth-order valence-electron chi connectivity index (χ4n) is 5.53. The van der Waals surface area contributed by atoms with Crippen molar-refractivity contribution in [2.75, 3.05) is 26.5 Å². The summed E-state index contributed by atoms with van der Waals surface area (Å²) in [5.74, 6) is -0.497. The average Bonchev–Trinajstić information content (AvgIpc) is 3.09. The number of carbonyl (C=O) groups excluding carboxylic acids is 1. The van der Waals surface area contributed by atoms with Gasteiger partial charge in [-0.15, -0.1) is 0 Å². The summed E-state index contributed by atoms with van der Waals surface area (Å²) < 4.78 is 57.2. The Morgan fingerprint density at radius 1 is 0.723 bits per heavy atom. The maximum atomic E-state index is 14.0. The summed E-state index contributed by atoms with van der Waals surface area (Å²) in [6.45, 7) is 4.71. The quantitative estimate of drug-likeness (QED) is 0.0688. The van der Waals surface area contributed by atoms with E-state index in [-0.39, 0.29) is 26.0 Å². The Labute approximate surface area is 279 Å². The van der Waals surface area contributed by atoms with Gasteiger partial charge in [-0.05, 0) is 23.1 Å². The molecule has 1 aliphatic rings. The van der Waals surface area contributed by atoms with Crippen molar-refractivity contribution in [2.24, 2.45) is 0 Å². The summed E-state index contributed by atoms with van der Waals surface area (Å²) in [5, 5.41) is 0. The van der Waals surface area contributed by atoms with Crippen LogP contribution in [0.25, 0.3) is 0 Å². The highest BCUT2D eigenvalue weighted by atomic mass is 31.2. The molecule has 0 spiro atoms. The highest BCUT2D eigenvalue weighted by Crippen LogP contribution is 2.50. The zero-order valence-corrected chi connectivity index (χ0v) is 28.6. The largest absolute Gasteiger partial charge is 0.457 e. The molecule has 9 nitrogen and oxygen atoms in total. The number of carbonyl (C=O) groups is 1. The van der Waals surface area contributed by atoms with Crippen molar-refractivity contribution in [2.45, 2.75) is 89.9 Å². The van der Waals surface area contributed by atoms with Crippen molar-refractivity contribution in [3.8, 4) is 0 Å². The molecular weight excluding hydrogens is 619 g/mol. The molecule has 4 unspecified atom stereocenters. The first-order valence-electron chi connectivity index (χ1n) is 16.5. The zero-order valence-electron chi connectivity index (χ0n) is 27.7. The van der Waals surface area contributed by atoms with E-state index < -0.39 is 44.1 Å². The number of benzene rings is 3. The molecule has 0 radical (unpaired) electrons. The predicted molar refractivity (Wildman–Crippen MR) is 180 cm³/mol. The molecule has 10 heteroatoms. The number of hydrogen-bond donors (Lipinski definition) is 0. The van der Waals surface area contributed by atoms with Crippen LogP contribution in [0.4, 0.5) is 0 Å². The second kappa shape index (κ2) is 19.8. The molecule has 1 saturated heterocycles. The van der Waals surface area contributed by atoms with E-state index in [1.54, 1.807) is 0 Å². The molecule has 0 aromatic heterocycles. The Morgan fingerprint density at radius 3 is 1.77 bits per heavy atom. The van der Waals surface area contributed by atoms with Crippen LogP contribution >= 0.6 is 7.60 Å². The van der Waals surface area contributed by atoms with Gasteiger partial charge >= 0.3 is 13.6 Å². The van der Waals surface area contributed by atoms with Crippen molar-refractivity contribution in [1.29, 1.82) is 0 Å². The molecule has 0 amide bonds. The molecule has 1 heterocycles. The van der Waals surface area contributed by atoms with E-state index >= 15 is 0 Å². The Morgan fingerprint density at radius 2 is 1.26 bits per heavy atom. The lowest BCUT2D eigenvalue weighted by molar-refractivity contribution is -0.261. The van der Waals surface area contributed by atoms with Crippen LogP contribution in [-0.2, 0) is 61.9 Å². The Balaban J connectivity index is 1.62. The third kappa shape index (κ3) is 12.3. The van der Waals surface area contributed by atoms with Crippen LogP contribution in [0.1, 0.15) is 56.2 Å². The van der Waals surface area contributed by atoms with Crippen molar-refractivity contribution >= 4 is 13.6 Å². The van der Waals surface area contributed by atoms with Crippen molar-refractivity contribution in [1.82, 2.24) is 0 Å². The Hall–Kier alpha value is -2.88. The summed E-state index contributed by atoms with van der Waals surface area (Å²) in [6.07, 6.45) is -0.247. The molecule has 0 bridgehead atoms. The van der Waals surface area contributed by atoms with Crippen LogP contribution < -0.4 is 0 Å². The summed E-state index contributed by atoms with van der Waals surface area (Å²) in [4.78, 5) is 12.6. The van der Waals surface area contributed by atoms with E-state index in [0.717, 1.165) is 42.4 Å². The molecule has 256 valence electrons. The van der Waals surface area contributed by atoms with Gasteiger partial charge in [0, 0.05) is 14.0 Å². The lowest BCUT2D eigenvalue weighted by Crippen LogP contribution is -2.62. The standard InChI is InChI=1S/C37H49O9P/c1-4-5-6-16-23-44-47(39,40-3)28-34-36(43-26-32-21-14-9-15-22-32)37(45-29(2)38)35(42-25-31-19-12-8-13-20-31)33(46-34)27-41-24-30-17-10-7-11-18-30/h7-15,17-22,33-37H,4-6,16,23-28H2,1-3H3/t33?,34-,35-,36?,37?,47?/m1/s1. The third-order valence-corrected chi connectivity index (χ3v) is 9.90. The van der Waals surface area contributed by atoms with Gasteiger partial charge in [-0.1, -0.05) is 117 Å². The summed E-state index contributed by atoms with van der Waals surface area (Å²) in [6, 6.07) is 29.2. The Kier molecular flexibility index (Phi) is 15.6. The maximum Gasteiger partial charge on any atom is 0.333 e. The fourth-order valence-corrected chi connectivity index (χ4v) is 7.04. The first kappa shape index (κ1) is 36.9. The average molecular weight is 669 g/mol. The monoisotopic (exact) mass is 668 g/mol. The van der Waals surface area contributed by atoms with E-state index in [9.17, 15) is 9.36 Å². The van der Waals surface area contributed by atoms with Gasteiger partial charge in [-0.3, -0.25) is 9.36 Å². The normalized spacial score (nSPS) is 22.4. The summed E-state index contributed by atoms with van der Waals surface area (Å²) >= 11 is 0. The smallest absolute Gasteiger partial charge is 0.333 e. The lowest BCUT2D eigenvalue weighted by Gasteiger charge is -2.46. The van der Waals surface area contributed by atoms with Crippen molar-refractivity contribution in [3.63, 3.8) is 0 Å². The lowest BCUT2D eigenvalue weighted by atomic mass is 9.94. The Bertz CT molecular complexity index is 1340. The van der Waals surface area contributed by atoms with E-state index in [4.69, 9.17) is 32.7 Å². The van der Waals surface area contributed by atoms with Gasteiger partial charge in [0.05, 0.1) is 45.3 Å². The van der Waals surface area contributed by atoms with Crippen LogP contribution in [0.3, 0.4) is 0 Å². The van der Waals surface area contributed by atoms with Gasteiger partial charge in [0.1, 0.15) is 18.3 Å². The topological polar surface area (TPSA) is 98.8 Å². The molecule has 47 heavy (non-hydrogen) atoms. The highest BCUT2D eigenvalue weighted by molar-refractivity contribution is 7.53. The third-order valence-electron chi connectivity index (χ3n) is 7.96. The molecule has 3 aromatic rings. The molecule has 1 aliphatic heterocycles. The first-order valence-corrected chi connectivity index (χ1v) is 18.2. The van der Waals surface area contributed by atoms with Crippen LogP contribution in [0.15, 0.2) is 91.0 Å². The maximum absolute atomic E-state index is 14.0. The van der Waals surface area contributed by atoms with Crippen LogP contribution in [0, 0.1) is 0 Å². The van der Waals surface area contributed by atoms with Gasteiger partial charge < -0.3 is 32.7 Å². The van der Waals surface area contributed by atoms with E-state index in [0.29, 0.717) is 13.2 Å². The second-order valence-corrected chi connectivity index (χ2v) is 13.9. The summed E-state index contributed by atoms with van der Waals surface area (Å²) in [7, 11) is -2.24. The van der Waals surface area contributed by atoms with Gasteiger partial charge in [0.25, 0.3) is 0 Å². The zero-order chi connectivity index (χ0) is 33.3. The molecule has 0 aliphatic carbocycles. The molecule has 4 rings (SSSR count). The van der Waals surface area contributed by atoms with E-state index in [2.05, 4.69) is 6.92 Å². The number of hydrogen-bond acceptors (Lipinski definition) is 9. The van der Waals surface area contributed by atoms with Crippen molar-refractivity contribution < 1.29 is 42.1 Å². The summed E-state index contributed by atoms with van der Waals surface area (Å²) in [5.41, 5.74) is 2.87. The SMILES string of the molecule is CCCCCCOP(=O)(C[C@H]1OC(COCc2ccccc2)[C@@H](OCc2ccccc2)C(OC(C)=O)C1OCc1ccccc1)OC. The minimum Gasteiger partial charge on any atom is -0.457 e. The number of esters is 1. The minimum atomic E-state index is -3.62. The van der Waals surface area contributed by atoms with Crippen LogP contribution in [0.5, 0.6) is 0 Å². The first-order chi connectivity index (χ1) is 22.9. The number of unbranched alkanes of at least 4 members (excludes halogenated alkanes) is 3. The van der Waals surface area contributed by atoms with Gasteiger partial charge in [0.2, 0.25) is 0 Å². The number of ether oxygens (including phenoxy) is 5. The molecule has 3 aromatic carbocycles. The van der Waals surface area contributed by atoms with Gasteiger partial charge in [0.15, 0.2) is 6.10 Å². The molecule has 6 atom stereocenters. The fraction of sp³-hybridized carbons (Fsp3) is 0.486. The highest BCUT2D eigenvalue weighted by Gasteiger charge is 2.51. The van der Waals surface area contributed by atoms with E-state index in [1.165, 1.54) is 14.0 Å².